The van der Waals surface area contributed by atoms with Gasteiger partial charge in [0.05, 0.1) is 0 Å². The van der Waals surface area contributed by atoms with Crippen LogP contribution in [0.4, 0.5) is 0 Å². The zero-order chi connectivity index (χ0) is 17.3. The normalized spacial score (nSPS) is 16.9. The molecule has 0 bridgehead atoms. The molecule has 0 saturated heterocycles. The van der Waals surface area contributed by atoms with Crippen LogP contribution in [-0.2, 0) is 5.41 Å². The van der Waals surface area contributed by atoms with Crippen LogP contribution >= 0.6 is 0 Å². The molecule has 1 aliphatic carbocycles. The average molecular weight is 329 g/mol. The van der Waals surface area contributed by atoms with Crippen molar-refractivity contribution in [2.75, 3.05) is 0 Å². The highest BCUT2D eigenvalue weighted by molar-refractivity contribution is 5.96. The summed E-state index contributed by atoms with van der Waals surface area (Å²) in [6.07, 6.45) is 16.2. The average Bonchev–Trinajstić information content (AvgIpc) is 2.63. The number of ketones is 1. The second-order valence-corrected chi connectivity index (χ2v) is 7.76. The van der Waals surface area contributed by atoms with E-state index in [4.69, 9.17) is 0 Å². The van der Waals surface area contributed by atoms with Gasteiger partial charge in [-0.1, -0.05) is 89.5 Å². The SMILES string of the molecule is CCCCCC(=O)c1ccc(C2(CCCCC)CCCCC2)cc1. The number of Topliss-reactive ketones (excluding diaryl/α,β-unsaturated/α-hetero) is 1. The van der Waals surface area contributed by atoms with E-state index in [1.165, 1.54) is 69.8 Å². The zero-order valence-corrected chi connectivity index (χ0v) is 15.9. The highest BCUT2D eigenvalue weighted by atomic mass is 16.1. The summed E-state index contributed by atoms with van der Waals surface area (Å²) in [7, 11) is 0. The minimum absolute atomic E-state index is 0.318. The quantitative estimate of drug-likeness (QED) is 0.327. The molecule has 0 atom stereocenters. The number of carbonyl (C=O) groups is 1. The van der Waals surface area contributed by atoms with Crippen molar-refractivity contribution < 1.29 is 4.79 Å². The molecule has 24 heavy (non-hydrogen) atoms. The van der Waals surface area contributed by atoms with Gasteiger partial charge in [-0.15, -0.1) is 0 Å². The molecule has 1 aliphatic rings. The molecule has 1 fully saturated rings. The molecule has 1 aromatic carbocycles. The smallest absolute Gasteiger partial charge is 0.162 e. The monoisotopic (exact) mass is 328 g/mol. The summed E-state index contributed by atoms with van der Waals surface area (Å²) in [5.41, 5.74) is 2.79. The van der Waals surface area contributed by atoms with E-state index >= 15 is 0 Å². The predicted molar refractivity (Wildman–Crippen MR) is 104 cm³/mol. The molecule has 0 unspecified atom stereocenters. The summed E-state index contributed by atoms with van der Waals surface area (Å²) in [6, 6.07) is 8.73. The standard InChI is InChI=1S/C23H36O/c1-3-5-8-12-22(24)20-13-15-21(16-14-20)23(17-9-6-4-2)18-10-7-11-19-23/h13-16H,3-12,17-19H2,1-2H3. The van der Waals surface area contributed by atoms with E-state index in [0.29, 0.717) is 17.6 Å². The molecule has 1 saturated carbocycles. The van der Waals surface area contributed by atoms with Gasteiger partial charge in [0.25, 0.3) is 0 Å². The van der Waals surface area contributed by atoms with Gasteiger partial charge in [0.1, 0.15) is 0 Å². The Morgan fingerprint density at radius 3 is 2.12 bits per heavy atom. The van der Waals surface area contributed by atoms with E-state index in [-0.39, 0.29) is 0 Å². The Kier molecular flexibility index (Phi) is 8.02. The predicted octanol–water partition coefficient (Wildman–Crippen LogP) is 7.23. The van der Waals surface area contributed by atoms with Crippen molar-refractivity contribution in [2.24, 2.45) is 0 Å². The Morgan fingerprint density at radius 2 is 1.50 bits per heavy atom. The van der Waals surface area contributed by atoms with Gasteiger partial charge in [-0.2, -0.15) is 0 Å². The molecule has 0 spiro atoms. The molecule has 1 aromatic rings. The fraction of sp³-hybridized carbons (Fsp3) is 0.696. The lowest BCUT2D eigenvalue weighted by Gasteiger charge is -2.38. The van der Waals surface area contributed by atoms with Gasteiger partial charge in [0.2, 0.25) is 0 Å². The Morgan fingerprint density at radius 1 is 0.875 bits per heavy atom. The molecule has 0 aromatic heterocycles. The van der Waals surface area contributed by atoms with Crippen LogP contribution < -0.4 is 0 Å². The summed E-state index contributed by atoms with van der Waals surface area (Å²) >= 11 is 0. The Hall–Kier alpha value is -1.11. The van der Waals surface area contributed by atoms with Crippen molar-refractivity contribution in [3.05, 3.63) is 35.4 Å². The highest BCUT2D eigenvalue weighted by Crippen LogP contribution is 2.43. The van der Waals surface area contributed by atoms with E-state index in [0.717, 1.165) is 18.4 Å². The lowest BCUT2D eigenvalue weighted by molar-refractivity contribution is 0.0979. The Bertz CT molecular complexity index is 479. The van der Waals surface area contributed by atoms with Crippen LogP contribution in [0.3, 0.4) is 0 Å². The minimum atomic E-state index is 0.318. The van der Waals surface area contributed by atoms with Crippen LogP contribution in [0, 0.1) is 0 Å². The summed E-state index contributed by atoms with van der Waals surface area (Å²) < 4.78 is 0. The van der Waals surface area contributed by atoms with Crippen LogP contribution in [-0.4, -0.2) is 5.78 Å². The fourth-order valence-corrected chi connectivity index (χ4v) is 4.31. The molecule has 0 radical (unpaired) electrons. The van der Waals surface area contributed by atoms with Crippen LogP contribution in [0.15, 0.2) is 24.3 Å². The van der Waals surface area contributed by atoms with Gasteiger partial charge in [-0.05, 0) is 36.7 Å². The van der Waals surface area contributed by atoms with Gasteiger partial charge < -0.3 is 0 Å². The molecule has 134 valence electrons. The largest absolute Gasteiger partial charge is 0.294 e. The first-order valence-electron chi connectivity index (χ1n) is 10.4. The van der Waals surface area contributed by atoms with Gasteiger partial charge in [-0.25, -0.2) is 0 Å². The summed E-state index contributed by atoms with van der Waals surface area (Å²) in [5.74, 6) is 0.318. The van der Waals surface area contributed by atoms with Gasteiger partial charge in [0, 0.05) is 12.0 Å². The van der Waals surface area contributed by atoms with Crippen molar-refractivity contribution >= 4 is 5.78 Å². The van der Waals surface area contributed by atoms with Gasteiger partial charge in [-0.3, -0.25) is 4.79 Å². The minimum Gasteiger partial charge on any atom is -0.294 e. The highest BCUT2D eigenvalue weighted by Gasteiger charge is 2.33. The first-order chi connectivity index (χ1) is 11.7. The van der Waals surface area contributed by atoms with Crippen molar-refractivity contribution in [1.82, 2.24) is 0 Å². The lowest BCUT2D eigenvalue weighted by Crippen LogP contribution is -2.29. The van der Waals surface area contributed by atoms with Gasteiger partial charge in [0.15, 0.2) is 5.78 Å². The lowest BCUT2D eigenvalue weighted by atomic mass is 9.66. The Balaban J connectivity index is 2.06. The van der Waals surface area contributed by atoms with Crippen molar-refractivity contribution in [3.63, 3.8) is 0 Å². The summed E-state index contributed by atoms with van der Waals surface area (Å²) in [6.45, 7) is 4.47. The van der Waals surface area contributed by atoms with E-state index < -0.39 is 0 Å². The maximum atomic E-state index is 12.3. The van der Waals surface area contributed by atoms with Crippen molar-refractivity contribution in [3.8, 4) is 0 Å². The maximum Gasteiger partial charge on any atom is 0.162 e. The number of benzene rings is 1. The first-order valence-corrected chi connectivity index (χ1v) is 10.4. The van der Waals surface area contributed by atoms with Crippen LogP contribution in [0.1, 0.15) is 113 Å². The second-order valence-electron chi connectivity index (χ2n) is 7.76. The third-order valence-electron chi connectivity index (χ3n) is 5.90. The number of rotatable bonds is 10. The molecule has 0 amide bonds. The third-order valence-corrected chi connectivity index (χ3v) is 5.90. The van der Waals surface area contributed by atoms with Crippen LogP contribution in [0.25, 0.3) is 0 Å². The first kappa shape index (κ1) is 19.2. The number of carbonyl (C=O) groups excluding carboxylic acids is 1. The molecule has 0 N–H and O–H groups in total. The van der Waals surface area contributed by atoms with E-state index in [9.17, 15) is 4.79 Å². The fourth-order valence-electron chi connectivity index (χ4n) is 4.31. The zero-order valence-electron chi connectivity index (χ0n) is 15.9. The molecular weight excluding hydrogens is 292 g/mol. The third kappa shape index (κ3) is 5.19. The topological polar surface area (TPSA) is 17.1 Å². The Labute approximate surface area is 149 Å². The van der Waals surface area contributed by atoms with E-state index in [1.807, 2.05) is 0 Å². The van der Waals surface area contributed by atoms with Crippen LogP contribution in [0.5, 0.6) is 0 Å². The molecule has 0 aliphatic heterocycles. The van der Waals surface area contributed by atoms with Gasteiger partial charge >= 0.3 is 0 Å². The number of hydrogen-bond donors (Lipinski definition) is 0. The molecule has 1 heteroatoms. The number of unbranched alkanes of at least 4 members (excludes halogenated alkanes) is 4. The molecule has 1 nitrogen and oxygen atoms in total. The second kappa shape index (κ2) is 10.0. The number of hydrogen-bond acceptors (Lipinski definition) is 1. The van der Waals surface area contributed by atoms with Crippen LogP contribution in [0.2, 0.25) is 0 Å². The maximum absolute atomic E-state index is 12.3. The molecule has 2 rings (SSSR count). The summed E-state index contributed by atoms with van der Waals surface area (Å²) in [5, 5.41) is 0. The summed E-state index contributed by atoms with van der Waals surface area (Å²) in [4.78, 5) is 12.3. The van der Waals surface area contributed by atoms with Crippen molar-refractivity contribution in [1.29, 1.82) is 0 Å². The molecular formula is C23H36O. The molecule has 0 heterocycles. The van der Waals surface area contributed by atoms with E-state index in [1.54, 1.807) is 0 Å². The van der Waals surface area contributed by atoms with Crippen molar-refractivity contribution in [2.45, 2.75) is 103 Å². The van der Waals surface area contributed by atoms with E-state index in [2.05, 4.69) is 38.1 Å².